The van der Waals surface area contributed by atoms with Gasteiger partial charge < -0.3 is 18.9 Å². The quantitative estimate of drug-likeness (QED) is 0.0933. The lowest BCUT2D eigenvalue weighted by molar-refractivity contribution is -0.170. The molecule has 0 amide bonds. The molecule has 0 aliphatic rings. The minimum absolute atomic E-state index is 0.0345. The van der Waals surface area contributed by atoms with E-state index in [-0.39, 0.29) is 24.6 Å². The number of halogens is 2. The van der Waals surface area contributed by atoms with E-state index in [0.717, 1.165) is 11.8 Å². The highest BCUT2D eigenvalue weighted by Gasteiger charge is 2.34. The molecular weight excluding hydrogens is 573 g/mol. The third kappa shape index (κ3) is 11.1. The van der Waals surface area contributed by atoms with Crippen LogP contribution in [0.2, 0.25) is 10.0 Å². The highest BCUT2D eigenvalue weighted by molar-refractivity contribution is 7.99. The van der Waals surface area contributed by atoms with Gasteiger partial charge in [-0.15, -0.1) is 5.10 Å². The lowest BCUT2D eigenvalue weighted by Gasteiger charge is -2.32. The molecule has 214 valence electrons. The normalized spacial score (nSPS) is 14.1. The molecule has 14 heteroatoms. The van der Waals surface area contributed by atoms with E-state index in [2.05, 4.69) is 10.3 Å². The summed E-state index contributed by atoms with van der Waals surface area (Å²) >= 11 is 13.4. The van der Waals surface area contributed by atoms with E-state index in [1.165, 1.54) is 31.6 Å². The number of carbonyl (C=O) groups is 4. The van der Waals surface area contributed by atoms with Crippen molar-refractivity contribution in [3.63, 3.8) is 0 Å². The van der Waals surface area contributed by atoms with Crippen LogP contribution in [-0.4, -0.2) is 69.0 Å². The van der Waals surface area contributed by atoms with Crippen molar-refractivity contribution in [2.75, 3.05) is 6.61 Å². The van der Waals surface area contributed by atoms with Gasteiger partial charge in [0.1, 0.15) is 29.9 Å². The van der Waals surface area contributed by atoms with Crippen molar-refractivity contribution in [3.05, 3.63) is 40.1 Å². The van der Waals surface area contributed by atoms with E-state index >= 15 is 0 Å². The number of Topliss-reactive ketones (excluding diaryl/α,β-unsaturated/α-hetero) is 1. The van der Waals surface area contributed by atoms with Crippen LogP contribution in [0.1, 0.15) is 57.9 Å². The van der Waals surface area contributed by atoms with Crippen molar-refractivity contribution in [1.29, 1.82) is 0 Å². The van der Waals surface area contributed by atoms with Crippen LogP contribution in [-0.2, 0) is 39.9 Å². The summed E-state index contributed by atoms with van der Waals surface area (Å²) in [6.45, 7) is 6.90. The number of hydrogen-bond acceptors (Lipinski definition) is 11. The Morgan fingerprint density at radius 1 is 1.00 bits per heavy atom. The number of carbonyl (C=O) groups excluding carboxylic acids is 4. The fraction of sp³-hybridized carbons (Fsp3) is 0.520. The third-order valence-electron chi connectivity index (χ3n) is 5.07. The predicted molar refractivity (Wildman–Crippen MR) is 144 cm³/mol. The van der Waals surface area contributed by atoms with E-state index in [4.69, 9.17) is 42.1 Å². The number of thioether (sulfide) groups is 1. The largest absolute Gasteiger partial charge is 0.463 e. The third-order valence-corrected chi connectivity index (χ3v) is 6.98. The van der Waals surface area contributed by atoms with Crippen molar-refractivity contribution in [2.45, 2.75) is 82.6 Å². The molecule has 4 atom stereocenters. The molecule has 0 aliphatic heterocycles. The zero-order chi connectivity index (χ0) is 29.1. The summed E-state index contributed by atoms with van der Waals surface area (Å²) in [5.74, 6) is -1.88. The maximum absolute atomic E-state index is 12.3. The van der Waals surface area contributed by atoms with Gasteiger partial charge in [-0.25, -0.2) is 4.68 Å². The van der Waals surface area contributed by atoms with Crippen LogP contribution in [0.5, 0.6) is 0 Å². The first-order valence-corrected chi connectivity index (χ1v) is 13.7. The Labute approximate surface area is 240 Å². The van der Waals surface area contributed by atoms with Crippen molar-refractivity contribution in [2.24, 2.45) is 0 Å². The number of ether oxygens (including phenoxy) is 4. The maximum atomic E-state index is 12.3. The van der Waals surface area contributed by atoms with Gasteiger partial charge in [0.15, 0.2) is 11.9 Å². The average molecular weight is 605 g/mol. The first kappa shape index (κ1) is 32.5. The molecule has 0 bridgehead atoms. The number of esters is 3. The average Bonchev–Trinajstić information content (AvgIpc) is 3.31. The van der Waals surface area contributed by atoms with Gasteiger partial charge in [-0.05, 0) is 31.5 Å². The van der Waals surface area contributed by atoms with Gasteiger partial charge in [-0.3, -0.25) is 19.2 Å². The first-order valence-electron chi connectivity index (χ1n) is 12.1. The van der Waals surface area contributed by atoms with Crippen LogP contribution in [0, 0.1) is 0 Å². The van der Waals surface area contributed by atoms with Crippen molar-refractivity contribution in [3.8, 4) is 0 Å². The molecule has 0 spiro atoms. The SMILES string of the molecule is CCCC(=O)c1cn(C[C@@H](OC(C)=O)[C@H](OC(COC(C)=O)[C@@H](C)OC(C)=O)Sc2ccc(Cl)c(Cl)c2)nn1. The zero-order valence-corrected chi connectivity index (χ0v) is 24.5. The Morgan fingerprint density at radius 2 is 1.69 bits per heavy atom. The van der Waals surface area contributed by atoms with Crippen LogP contribution in [0.15, 0.2) is 29.3 Å². The molecule has 0 saturated carbocycles. The van der Waals surface area contributed by atoms with Crippen LogP contribution in [0.3, 0.4) is 0 Å². The molecule has 0 aliphatic carbocycles. The van der Waals surface area contributed by atoms with E-state index in [0.29, 0.717) is 27.8 Å². The second-order valence-corrected chi connectivity index (χ2v) is 10.5. The molecule has 39 heavy (non-hydrogen) atoms. The second kappa shape index (κ2) is 15.8. The van der Waals surface area contributed by atoms with Crippen LogP contribution >= 0.6 is 35.0 Å². The maximum Gasteiger partial charge on any atom is 0.303 e. The van der Waals surface area contributed by atoms with Crippen LogP contribution in [0.25, 0.3) is 0 Å². The molecular formula is C25H31Cl2N3O8S. The predicted octanol–water partition coefficient (Wildman–Crippen LogP) is 4.52. The summed E-state index contributed by atoms with van der Waals surface area (Å²) in [4.78, 5) is 48.2. The summed E-state index contributed by atoms with van der Waals surface area (Å²) in [6.07, 6.45) is -0.316. The molecule has 11 nitrogen and oxygen atoms in total. The lowest BCUT2D eigenvalue weighted by Crippen LogP contribution is -2.43. The van der Waals surface area contributed by atoms with Crippen molar-refractivity contribution in [1.82, 2.24) is 15.0 Å². The van der Waals surface area contributed by atoms with Gasteiger partial charge in [0.2, 0.25) is 0 Å². The number of ketones is 1. The topological polar surface area (TPSA) is 136 Å². The Kier molecular flexibility index (Phi) is 13.2. The van der Waals surface area contributed by atoms with Crippen molar-refractivity contribution >= 4 is 58.7 Å². The van der Waals surface area contributed by atoms with Crippen LogP contribution in [0.4, 0.5) is 0 Å². The molecule has 0 radical (unpaired) electrons. The summed E-state index contributed by atoms with van der Waals surface area (Å²) in [5, 5.41) is 8.58. The molecule has 2 aromatic rings. The molecule has 1 aromatic heterocycles. The van der Waals surface area contributed by atoms with E-state index < -0.39 is 41.7 Å². The van der Waals surface area contributed by atoms with E-state index in [1.807, 2.05) is 6.92 Å². The summed E-state index contributed by atoms with van der Waals surface area (Å²) in [6, 6.07) is 4.92. The van der Waals surface area contributed by atoms with Gasteiger partial charge >= 0.3 is 17.9 Å². The molecule has 0 saturated heterocycles. The molecule has 1 aromatic carbocycles. The van der Waals surface area contributed by atoms with Gasteiger partial charge in [-0.1, -0.05) is 47.1 Å². The second-order valence-electron chi connectivity index (χ2n) is 8.50. The van der Waals surface area contributed by atoms with E-state index in [1.54, 1.807) is 25.1 Å². The van der Waals surface area contributed by atoms with Gasteiger partial charge in [0, 0.05) is 32.1 Å². The first-order chi connectivity index (χ1) is 18.4. The smallest absolute Gasteiger partial charge is 0.303 e. The molecule has 1 unspecified atom stereocenters. The highest BCUT2D eigenvalue weighted by atomic mass is 35.5. The van der Waals surface area contributed by atoms with Gasteiger partial charge in [0.25, 0.3) is 0 Å². The zero-order valence-electron chi connectivity index (χ0n) is 22.2. The number of hydrogen-bond donors (Lipinski definition) is 0. The highest BCUT2D eigenvalue weighted by Crippen LogP contribution is 2.34. The molecule has 0 N–H and O–H groups in total. The molecule has 0 fully saturated rings. The molecule has 2 rings (SSSR count). The van der Waals surface area contributed by atoms with Crippen molar-refractivity contribution < 1.29 is 38.1 Å². The number of benzene rings is 1. The summed E-state index contributed by atoms with van der Waals surface area (Å²) < 4.78 is 23.7. The Hall–Kier alpha value is -2.67. The Morgan fingerprint density at radius 3 is 2.28 bits per heavy atom. The summed E-state index contributed by atoms with van der Waals surface area (Å²) in [7, 11) is 0. The monoisotopic (exact) mass is 603 g/mol. The lowest BCUT2D eigenvalue weighted by atomic mass is 10.2. The summed E-state index contributed by atoms with van der Waals surface area (Å²) in [5.41, 5.74) is -0.770. The minimum atomic E-state index is -0.984. The fourth-order valence-corrected chi connectivity index (χ4v) is 4.77. The van der Waals surface area contributed by atoms with E-state index in [9.17, 15) is 19.2 Å². The number of rotatable bonds is 15. The molecule has 1 heterocycles. The number of aromatic nitrogens is 3. The Bertz CT molecular complexity index is 1160. The Balaban J connectivity index is 2.44. The van der Waals surface area contributed by atoms with Gasteiger partial charge in [-0.2, -0.15) is 0 Å². The number of nitrogens with zero attached hydrogens (tertiary/aromatic N) is 3. The van der Waals surface area contributed by atoms with Gasteiger partial charge in [0.05, 0.1) is 22.8 Å². The minimum Gasteiger partial charge on any atom is -0.463 e. The standard InChI is InChI=1S/C25H31Cl2N3O8S/c1-6-7-22(34)21-11-30(29-28-21)12-23(37-17(5)33)25(39-18-8-9-19(26)20(27)10-18)38-24(13-35-15(3)31)14(2)36-16(4)32/h8-11,14,23-25H,6-7,12-13H2,1-5H3/t14-,23-,24?,25-/m1/s1. The fourth-order valence-electron chi connectivity index (χ4n) is 3.32. The van der Waals surface area contributed by atoms with Crippen LogP contribution < -0.4 is 0 Å².